The molecule has 0 aromatic rings. The summed E-state index contributed by atoms with van der Waals surface area (Å²) in [6.07, 6.45) is 0.568. The number of aliphatic imine (C=N–C) groups is 1. The molecule has 0 spiro atoms. The van der Waals surface area contributed by atoms with Crippen molar-refractivity contribution in [1.29, 1.82) is 0 Å². The molecule has 0 fully saturated rings. The molecule has 8 N–H and O–H groups in total. The molecule has 0 amide bonds. The van der Waals surface area contributed by atoms with Gasteiger partial charge in [0.2, 0.25) is 0 Å². The standard InChI is InChI=1S/C6H15N4O5P/c7-4(5(11)12)2-1-3-9-6(8)10-16(13,14)15/h4H,1-3,7H2,(H,11,12)(H5,8,9,10,13,14,15)/t4-/m1/s1. The van der Waals surface area contributed by atoms with Crippen LogP contribution in [0.5, 0.6) is 0 Å². The Bertz CT molecular complexity index is 314. The fourth-order valence-corrected chi connectivity index (χ4v) is 1.19. The van der Waals surface area contributed by atoms with E-state index in [4.69, 9.17) is 26.4 Å². The molecule has 0 saturated carbocycles. The lowest BCUT2D eigenvalue weighted by Crippen LogP contribution is -2.31. The first kappa shape index (κ1) is 14.8. The number of rotatable bonds is 6. The first-order valence-corrected chi connectivity index (χ1v) is 5.96. The second-order valence-electron chi connectivity index (χ2n) is 3.01. The topological polar surface area (TPSA) is 171 Å². The van der Waals surface area contributed by atoms with Crippen LogP contribution in [0.3, 0.4) is 0 Å². The van der Waals surface area contributed by atoms with Crippen molar-refractivity contribution in [1.82, 2.24) is 5.09 Å². The normalized spacial score (nSPS) is 14.6. The maximum Gasteiger partial charge on any atom is 0.429 e. The highest BCUT2D eigenvalue weighted by molar-refractivity contribution is 7.50. The predicted octanol–water partition coefficient (Wildman–Crippen LogP) is -1.82. The molecule has 94 valence electrons. The van der Waals surface area contributed by atoms with Crippen LogP contribution in [-0.4, -0.2) is 39.4 Å². The Hall–Kier alpha value is -1.15. The molecule has 0 aromatic heterocycles. The summed E-state index contributed by atoms with van der Waals surface area (Å²) in [6.45, 7) is 0.139. The number of aliphatic carboxylic acids is 1. The molecule has 0 aromatic carbocycles. The molecule has 0 radical (unpaired) electrons. The van der Waals surface area contributed by atoms with Gasteiger partial charge in [-0.2, -0.15) is 0 Å². The van der Waals surface area contributed by atoms with Crippen molar-refractivity contribution in [2.75, 3.05) is 6.54 Å². The molecule has 9 nitrogen and oxygen atoms in total. The smallest absolute Gasteiger partial charge is 0.429 e. The lowest BCUT2D eigenvalue weighted by atomic mass is 10.2. The maximum atomic E-state index is 10.4. The van der Waals surface area contributed by atoms with Crippen molar-refractivity contribution in [3.8, 4) is 0 Å². The molecule has 1 atom stereocenters. The summed E-state index contributed by atoms with van der Waals surface area (Å²) < 4.78 is 10.4. The van der Waals surface area contributed by atoms with Crippen LogP contribution in [0, 0.1) is 0 Å². The molecule has 16 heavy (non-hydrogen) atoms. The first-order valence-electron chi connectivity index (χ1n) is 4.34. The zero-order valence-corrected chi connectivity index (χ0v) is 9.30. The monoisotopic (exact) mass is 254 g/mol. The van der Waals surface area contributed by atoms with E-state index in [1.807, 2.05) is 0 Å². The van der Waals surface area contributed by atoms with E-state index < -0.39 is 25.7 Å². The van der Waals surface area contributed by atoms with Gasteiger partial charge in [-0.3, -0.25) is 14.9 Å². The molecule has 0 aliphatic rings. The third kappa shape index (κ3) is 8.18. The third-order valence-corrected chi connectivity index (χ3v) is 2.05. The number of nitrogens with one attached hydrogen (secondary N) is 1. The second kappa shape index (κ2) is 6.44. The minimum Gasteiger partial charge on any atom is -0.480 e. The van der Waals surface area contributed by atoms with Gasteiger partial charge in [-0.25, -0.2) is 4.57 Å². The van der Waals surface area contributed by atoms with Crippen LogP contribution < -0.4 is 16.6 Å². The van der Waals surface area contributed by atoms with Gasteiger partial charge in [0, 0.05) is 6.54 Å². The molecule has 0 rings (SSSR count). The molecule has 10 heteroatoms. The Kier molecular flexibility index (Phi) is 5.97. The first-order chi connectivity index (χ1) is 7.22. The molecule has 0 bridgehead atoms. The van der Waals surface area contributed by atoms with E-state index in [0.717, 1.165) is 0 Å². The fourth-order valence-electron chi connectivity index (χ4n) is 0.819. The van der Waals surface area contributed by atoms with Crippen LogP contribution in [0.1, 0.15) is 12.8 Å². The minimum absolute atomic E-state index is 0.139. The largest absolute Gasteiger partial charge is 0.480 e. The molecule has 0 aliphatic carbocycles. The number of carbonyl (C=O) groups is 1. The Morgan fingerprint density at radius 2 is 2.06 bits per heavy atom. The van der Waals surface area contributed by atoms with Crippen LogP contribution in [0.2, 0.25) is 0 Å². The van der Waals surface area contributed by atoms with E-state index in [0.29, 0.717) is 6.42 Å². The molecule has 0 saturated heterocycles. The summed E-state index contributed by atoms with van der Waals surface area (Å²) in [4.78, 5) is 30.8. The van der Waals surface area contributed by atoms with Crippen LogP contribution in [-0.2, 0) is 9.36 Å². The summed E-state index contributed by atoms with van der Waals surface area (Å²) in [7, 11) is -4.43. The second-order valence-corrected chi connectivity index (χ2v) is 4.32. The summed E-state index contributed by atoms with van der Waals surface area (Å²) in [6, 6.07) is -0.967. The van der Waals surface area contributed by atoms with Gasteiger partial charge in [-0.15, -0.1) is 0 Å². The zero-order valence-electron chi connectivity index (χ0n) is 8.41. The van der Waals surface area contributed by atoms with Crippen molar-refractivity contribution in [2.45, 2.75) is 18.9 Å². The van der Waals surface area contributed by atoms with E-state index in [2.05, 4.69) is 4.99 Å². The number of nitrogens with zero attached hydrogens (tertiary/aromatic N) is 1. The summed E-state index contributed by atoms with van der Waals surface area (Å²) >= 11 is 0. The van der Waals surface area contributed by atoms with Crippen molar-refractivity contribution in [2.24, 2.45) is 16.5 Å². The summed E-state index contributed by atoms with van der Waals surface area (Å²) in [5, 5.41) is 10.1. The summed E-state index contributed by atoms with van der Waals surface area (Å²) in [5.41, 5.74) is 10.4. The van der Waals surface area contributed by atoms with Crippen molar-refractivity contribution >= 4 is 19.7 Å². The van der Waals surface area contributed by atoms with Gasteiger partial charge in [0.15, 0.2) is 5.96 Å². The molecule has 0 aliphatic heterocycles. The maximum absolute atomic E-state index is 10.4. The van der Waals surface area contributed by atoms with Gasteiger partial charge in [0.25, 0.3) is 0 Å². The number of hydrogen-bond acceptors (Lipinski definition) is 4. The van der Waals surface area contributed by atoms with Crippen LogP contribution in [0.15, 0.2) is 4.99 Å². The van der Waals surface area contributed by atoms with Crippen molar-refractivity contribution < 1.29 is 24.3 Å². The van der Waals surface area contributed by atoms with Gasteiger partial charge in [0.1, 0.15) is 6.04 Å². The van der Waals surface area contributed by atoms with Gasteiger partial charge in [-0.1, -0.05) is 0 Å². The lowest BCUT2D eigenvalue weighted by molar-refractivity contribution is -0.138. The number of guanidine groups is 1. The van der Waals surface area contributed by atoms with E-state index in [9.17, 15) is 9.36 Å². The van der Waals surface area contributed by atoms with E-state index in [1.165, 1.54) is 0 Å². The number of nitrogens with two attached hydrogens (primary N) is 2. The Balaban J connectivity index is 3.84. The van der Waals surface area contributed by atoms with E-state index >= 15 is 0 Å². The number of carboxylic acid groups (broad SMARTS) is 1. The predicted molar refractivity (Wildman–Crippen MR) is 56.5 cm³/mol. The van der Waals surface area contributed by atoms with Gasteiger partial charge in [0.05, 0.1) is 0 Å². The van der Waals surface area contributed by atoms with Crippen LogP contribution in [0.25, 0.3) is 0 Å². The molecule has 0 heterocycles. The van der Waals surface area contributed by atoms with Gasteiger partial charge < -0.3 is 26.4 Å². The minimum atomic E-state index is -4.43. The zero-order chi connectivity index (χ0) is 12.8. The van der Waals surface area contributed by atoms with E-state index in [1.54, 1.807) is 5.09 Å². The average Bonchev–Trinajstić information content (AvgIpc) is 2.08. The third-order valence-electron chi connectivity index (χ3n) is 1.53. The van der Waals surface area contributed by atoms with Crippen LogP contribution >= 0.6 is 7.75 Å². The fraction of sp³-hybridized carbons (Fsp3) is 0.667. The quantitative estimate of drug-likeness (QED) is 0.139. The number of hydrogen-bond donors (Lipinski definition) is 6. The van der Waals surface area contributed by atoms with E-state index in [-0.39, 0.29) is 13.0 Å². The van der Waals surface area contributed by atoms with Gasteiger partial charge >= 0.3 is 13.7 Å². The van der Waals surface area contributed by atoms with Crippen molar-refractivity contribution in [3.63, 3.8) is 0 Å². The molecule has 0 unspecified atom stereocenters. The van der Waals surface area contributed by atoms with Gasteiger partial charge in [-0.05, 0) is 12.8 Å². The SMILES string of the molecule is NC(=NCCC[C@@H](N)C(=O)O)NP(=O)(O)O. The van der Waals surface area contributed by atoms with Crippen molar-refractivity contribution in [3.05, 3.63) is 0 Å². The highest BCUT2D eigenvalue weighted by Crippen LogP contribution is 2.27. The Morgan fingerprint density at radius 1 is 1.50 bits per heavy atom. The van der Waals surface area contributed by atoms with Crippen LogP contribution in [0.4, 0.5) is 0 Å². The number of carboxylic acids is 1. The highest BCUT2D eigenvalue weighted by atomic mass is 31.2. The summed E-state index contributed by atoms with van der Waals surface area (Å²) in [5.74, 6) is -1.50. The Morgan fingerprint density at radius 3 is 2.50 bits per heavy atom. The lowest BCUT2D eigenvalue weighted by Gasteiger charge is -2.07. The average molecular weight is 254 g/mol. The highest BCUT2D eigenvalue weighted by Gasteiger charge is 2.13. The molecular formula is C6H15N4O5P. The molecular weight excluding hydrogens is 239 g/mol. The Labute approximate surface area is 91.8 Å².